The van der Waals surface area contributed by atoms with E-state index in [1.807, 2.05) is 25.2 Å². The molecule has 8 heteroatoms. The van der Waals surface area contributed by atoms with E-state index in [0.29, 0.717) is 36.9 Å². The number of carbonyl (C=O) groups excluding carboxylic acids is 1. The van der Waals surface area contributed by atoms with Crippen LogP contribution in [-0.4, -0.2) is 97.4 Å². The van der Waals surface area contributed by atoms with E-state index in [9.17, 15) is 19.6 Å². The Morgan fingerprint density at radius 2 is 2.00 bits per heavy atom. The van der Waals surface area contributed by atoms with Crippen molar-refractivity contribution in [2.24, 2.45) is 0 Å². The van der Waals surface area contributed by atoms with Crippen LogP contribution in [0, 0.1) is 17.1 Å². The first-order chi connectivity index (χ1) is 19.0. The van der Waals surface area contributed by atoms with Gasteiger partial charge in [0.05, 0.1) is 37.5 Å². The summed E-state index contributed by atoms with van der Waals surface area (Å²) >= 11 is 0. The number of nitrogens with zero attached hydrogens (tertiary/aromatic N) is 4. The molecular formula is C31H39FN4O3. The van der Waals surface area contributed by atoms with Gasteiger partial charge in [0.2, 0.25) is 0 Å². The van der Waals surface area contributed by atoms with Gasteiger partial charge in [-0.05, 0) is 79.6 Å². The third kappa shape index (κ3) is 6.33. The second-order valence-electron chi connectivity index (χ2n) is 11.3. The van der Waals surface area contributed by atoms with Crippen LogP contribution in [0.15, 0.2) is 36.4 Å². The minimum absolute atomic E-state index is 0.0521. The maximum atomic E-state index is 13.7. The lowest BCUT2D eigenvalue weighted by molar-refractivity contribution is -0.0817. The Morgan fingerprint density at radius 3 is 2.74 bits per heavy atom. The molecule has 0 saturated carbocycles. The molecule has 2 atom stereocenters. The summed E-state index contributed by atoms with van der Waals surface area (Å²) in [5.41, 5.74) is 4.43. The predicted octanol–water partition coefficient (Wildman–Crippen LogP) is 3.20. The fourth-order valence-electron chi connectivity index (χ4n) is 6.42. The monoisotopic (exact) mass is 534 g/mol. The number of rotatable bonds is 9. The fraction of sp³-hybridized carbons (Fsp3) is 0.548. The molecule has 0 radical (unpaired) electrons. The zero-order chi connectivity index (χ0) is 27.4. The summed E-state index contributed by atoms with van der Waals surface area (Å²) in [5.74, 6) is -0.262. The third-order valence-electron chi connectivity index (χ3n) is 8.69. The Balaban J connectivity index is 1.25. The molecule has 2 fully saturated rings. The van der Waals surface area contributed by atoms with Crippen LogP contribution in [-0.2, 0) is 17.6 Å². The molecule has 2 aliphatic heterocycles. The summed E-state index contributed by atoms with van der Waals surface area (Å²) in [6, 6.07) is 13.1. The van der Waals surface area contributed by atoms with Crippen LogP contribution in [0.3, 0.4) is 0 Å². The van der Waals surface area contributed by atoms with Crippen LogP contribution in [0.2, 0.25) is 0 Å². The molecule has 1 aliphatic carbocycles. The molecular weight excluding hydrogens is 495 g/mol. The smallest absolute Gasteiger partial charge is 0.253 e. The second kappa shape index (κ2) is 12.6. The van der Waals surface area contributed by atoms with Gasteiger partial charge in [-0.15, -0.1) is 0 Å². The molecule has 39 heavy (non-hydrogen) atoms. The quantitative estimate of drug-likeness (QED) is 0.532. The zero-order valence-electron chi connectivity index (χ0n) is 22.8. The number of nitriles is 1. The second-order valence-corrected chi connectivity index (χ2v) is 11.3. The SMILES string of the molecule is CN(C[C@@H](CCN1CC(N2CCOC[C@H]2CO)C1)c1ccc(F)cc1)C(=O)c1cc(C#N)cc2c1CCCC2. The number of amides is 1. The van der Waals surface area contributed by atoms with Gasteiger partial charge < -0.3 is 19.6 Å². The molecule has 3 aliphatic rings. The number of aryl methyl sites for hydroxylation is 1. The van der Waals surface area contributed by atoms with Crippen molar-refractivity contribution in [1.82, 2.24) is 14.7 Å². The van der Waals surface area contributed by atoms with Gasteiger partial charge in [-0.1, -0.05) is 12.1 Å². The molecule has 0 aromatic heterocycles. The molecule has 208 valence electrons. The van der Waals surface area contributed by atoms with Gasteiger partial charge in [0.15, 0.2) is 0 Å². The van der Waals surface area contributed by atoms with Crippen LogP contribution in [0.5, 0.6) is 0 Å². The molecule has 7 nitrogen and oxygen atoms in total. The van der Waals surface area contributed by atoms with Crippen molar-refractivity contribution < 1.29 is 19.0 Å². The molecule has 2 heterocycles. The van der Waals surface area contributed by atoms with Crippen molar-refractivity contribution in [3.8, 4) is 6.07 Å². The number of likely N-dealkylation sites (N-methyl/N-ethyl adjacent to an activating group) is 1. The molecule has 0 bridgehead atoms. The normalized spacial score (nSPS) is 21.0. The highest BCUT2D eigenvalue weighted by Gasteiger charge is 2.37. The molecule has 0 unspecified atom stereocenters. The third-order valence-corrected chi connectivity index (χ3v) is 8.69. The van der Waals surface area contributed by atoms with Crippen molar-refractivity contribution in [1.29, 1.82) is 5.26 Å². The van der Waals surface area contributed by atoms with Crippen LogP contribution in [0.25, 0.3) is 0 Å². The summed E-state index contributed by atoms with van der Waals surface area (Å²) in [5, 5.41) is 19.3. The summed E-state index contributed by atoms with van der Waals surface area (Å²) in [7, 11) is 1.83. The first-order valence-corrected chi connectivity index (χ1v) is 14.2. The standard InChI is InChI=1S/C31H39FN4O3/c1-34(31(38)30-15-22(16-33)14-24-4-2-3-5-29(24)30)17-25(23-6-8-26(32)9-7-23)10-11-35-18-27(19-35)36-12-13-39-21-28(36)20-37/h6-9,14-15,25,27-28,37H,2-5,10-13,17-21H2,1H3/t25-,28-/m1/s1. The van der Waals surface area contributed by atoms with E-state index in [1.165, 1.54) is 12.1 Å². The number of carbonyl (C=O) groups is 1. The Hall–Kier alpha value is -2.83. The summed E-state index contributed by atoms with van der Waals surface area (Å²) in [6.45, 7) is 5.57. The van der Waals surface area contributed by atoms with E-state index in [0.717, 1.165) is 75.0 Å². The summed E-state index contributed by atoms with van der Waals surface area (Å²) in [4.78, 5) is 20.3. The van der Waals surface area contributed by atoms with Gasteiger partial charge in [0.1, 0.15) is 5.82 Å². The topological polar surface area (TPSA) is 80.0 Å². The van der Waals surface area contributed by atoms with E-state index < -0.39 is 0 Å². The average molecular weight is 535 g/mol. The van der Waals surface area contributed by atoms with Crippen molar-refractivity contribution in [2.75, 3.05) is 59.6 Å². The maximum Gasteiger partial charge on any atom is 0.253 e. The van der Waals surface area contributed by atoms with Crippen molar-refractivity contribution >= 4 is 5.91 Å². The van der Waals surface area contributed by atoms with Crippen LogP contribution in [0.1, 0.15) is 57.8 Å². The highest BCUT2D eigenvalue weighted by Crippen LogP contribution is 2.29. The number of morpholine rings is 1. The van der Waals surface area contributed by atoms with E-state index in [-0.39, 0.29) is 30.3 Å². The van der Waals surface area contributed by atoms with Crippen molar-refractivity contribution in [3.63, 3.8) is 0 Å². The number of likely N-dealkylation sites (tertiary alicyclic amines) is 1. The largest absolute Gasteiger partial charge is 0.395 e. The van der Waals surface area contributed by atoms with Gasteiger partial charge in [-0.2, -0.15) is 5.26 Å². The van der Waals surface area contributed by atoms with E-state index in [2.05, 4.69) is 15.9 Å². The number of halogens is 1. The Bertz CT molecular complexity index is 1190. The van der Waals surface area contributed by atoms with E-state index in [4.69, 9.17) is 4.74 Å². The number of hydrogen-bond donors (Lipinski definition) is 1. The molecule has 1 amide bonds. The van der Waals surface area contributed by atoms with E-state index >= 15 is 0 Å². The Kier molecular flexibility index (Phi) is 8.93. The van der Waals surface area contributed by atoms with Crippen LogP contribution >= 0.6 is 0 Å². The Labute approximate surface area is 230 Å². The summed E-state index contributed by atoms with van der Waals surface area (Å²) in [6.07, 6.45) is 4.77. The summed E-state index contributed by atoms with van der Waals surface area (Å²) < 4.78 is 19.2. The zero-order valence-corrected chi connectivity index (χ0v) is 22.8. The number of ether oxygens (including phenoxy) is 1. The highest BCUT2D eigenvalue weighted by molar-refractivity contribution is 5.96. The first kappa shape index (κ1) is 27.7. The van der Waals surface area contributed by atoms with Gasteiger partial charge in [-0.3, -0.25) is 9.69 Å². The number of fused-ring (bicyclic) bond motifs is 1. The first-order valence-electron chi connectivity index (χ1n) is 14.2. The molecule has 5 rings (SSSR count). The Morgan fingerprint density at radius 1 is 1.23 bits per heavy atom. The minimum atomic E-state index is -0.267. The van der Waals surface area contributed by atoms with Gasteiger partial charge in [0, 0.05) is 50.7 Å². The lowest BCUT2D eigenvalue weighted by Gasteiger charge is -2.49. The van der Waals surface area contributed by atoms with Crippen molar-refractivity contribution in [3.05, 3.63) is 70.0 Å². The van der Waals surface area contributed by atoms with Crippen LogP contribution < -0.4 is 0 Å². The number of aliphatic hydroxyl groups is 1. The molecule has 2 saturated heterocycles. The van der Waals surface area contributed by atoms with Gasteiger partial charge >= 0.3 is 0 Å². The average Bonchev–Trinajstić information content (AvgIpc) is 2.95. The lowest BCUT2D eigenvalue weighted by atomic mass is 9.86. The predicted molar refractivity (Wildman–Crippen MR) is 147 cm³/mol. The van der Waals surface area contributed by atoms with E-state index in [1.54, 1.807) is 11.0 Å². The number of aliphatic hydroxyl groups excluding tert-OH is 1. The van der Waals surface area contributed by atoms with Gasteiger partial charge in [0.25, 0.3) is 5.91 Å². The number of benzene rings is 2. The van der Waals surface area contributed by atoms with Crippen molar-refractivity contribution in [2.45, 2.75) is 50.1 Å². The van der Waals surface area contributed by atoms with Crippen LogP contribution in [0.4, 0.5) is 4.39 Å². The molecule has 2 aromatic carbocycles. The van der Waals surface area contributed by atoms with Gasteiger partial charge in [-0.25, -0.2) is 4.39 Å². The lowest BCUT2D eigenvalue weighted by Crippen LogP contribution is -2.64. The highest BCUT2D eigenvalue weighted by atomic mass is 19.1. The minimum Gasteiger partial charge on any atom is -0.395 e. The molecule has 1 N–H and O–H groups in total. The molecule has 0 spiro atoms. The number of hydrogen-bond acceptors (Lipinski definition) is 6. The molecule has 2 aromatic rings. The fourth-order valence-corrected chi connectivity index (χ4v) is 6.42. The maximum absolute atomic E-state index is 13.7.